The van der Waals surface area contributed by atoms with Gasteiger partial charge in [0.05, 0.1) is 5.54 Å². The van der Waals surface area contributed by atoms with Gasteiger partial charge < -0.3 is 11.1 Å². The van der Waals surface area contributed by atoms with Gasteiger partial charge in [-0.15, -0.1) is 12.4 Å². The number of nitrogens with two attached hydrogens (primary N) is 1. The number of hydrogen-bond donors (Lipinski definition) is 2. The zero-order valence-electron chi connectivity index (χ0n) is 13.1. The van der Waals surface area contributed by atoms with Crippen LogP contribution in [0, 0.1) is 11.8 Å². The number of benzene rings is 1. The molecular formula is C18H27ClN2O. The molecule has 2 saturated carbocycles. The molecule has 2 aliphatic carbocycles. The van der Waals surface area contributed by atoms with E-state index in [-0.39, 0.29) is 29.8 Å². The number of rotatable bonds is 4. The van der Waals surface area contributed by atoms with Crippen LogP contribution in [0.1, 0.15) is 50.5 Å². The molecule has 0 heterocycles. The van der Waals surface area contributed by atoms with Crippen LogP contribution < -0.4 is 11.1 Å². The Morgan fingerprint density at radius 3 is 2.45 bits per heavy atom. The fraction of sp³-hybridized carbons (Fsp3) is 0.611. The van der Waals surface area contributed by atoms with E-state index >= 15 is 0 Å². The molecule has 1 aromatic rings. The average molecular weight is 323 g/mol. The maximum absolute atomic E-state index is 12.8. The number of nitrogens with one attached hydrogen (secondary N) is 1. The maximum atomic E-state index is 12.8. The summed E-state index contributed by atoms with van der Waals surface area (Å²) in [7, 11) is 0. The van der Waals surface area contributed by atoms with Gasteiger partial charge in [-0.25, -0.2) is 0 Å². The van der Waals surface area contributed by atoms with E-state index in [1.54, 1.807) is 0 Å². The predicted molar refractivity (Wildman–Crippen MR) is 91.9 cm³/mol. The lowest BCUT2D eigenvalue weighted by Gasteiger charge is -2.33. The maximum Gasteiger partial charge on any atom is 0.224 e. The van der Waals surface area contributed by atoms with Gasteiger partial charge in [-0.05, 0) is 43.7 Å². The number of hydrogen-bond acceptors (Lipinski definition) is 2. The SMILES string of the molecule is Cl.NC[C@H]1CCC[C@H]1C(=O)NC1(c2ccccc2)CCCC1. The molecule has 0 bridgehead atoms. The lowest BCUT2D eigenvalue weighted by Crippen LogP contribution is -2.47. The summed E-state index contributed by atoms with van der Waals surface area (Å²) in [6.07, 6.45) is 7.75. The van der Waals surface area contributed by atoms with Gasteiger partial charge in [-0.2, -0.15) is 0 Å². The summed E-state index contributed by atoms with van der Waals surface area (Å²) in [6, 6.07) is 10.5. The van der Waals surface area contributed by atoms with Crippen LogP contribution >= 0.6 is 12.4 Å². The third kappa shape index (κ3) is 3.31. The van der Waals surface area contributed by atoms with Crippen molar-refractivity contribution in [1.29, 1.82) is 0 Å². The van der Waals surface area contributed by atoms with E-state index in [1.165, 1.54) is 18.4 Å². The fourth-order valence-corrected chi connectivity index (χ4v) is 4.21. The zero-order chi connectivity index (χ0) is 14.7. The van der Waals surface area contributed by atoms with Crippen molar-refractivity contribution in [2.24, 2.45) is 17.6 Å². The lowest BCUT2D eigenvalue weighted by molar-refractivity contribution is -0.128. The molecule has 0 unspecified atom stereocenters. The normalized spacial score (nSPS) is 26.4. The molecule has 22 heavy (non-hydrogen) atoms. The van der Waals surface area contributed by atoms with E-state index in [1.807, 2.05) is 6.07 Å². The molecule has 0 aliphatic heterocycles. The van der Waals surface area contributed by atoms with Crippen LogP contribution in [0.15, 0.2) is 30.3 Å². The molecule has 0 radical (unpaired) electrons. The summed E-state index contributed by atoms with van der Waals surface area (Å²) < 4.78 is 0. The van der Waals surface area contributed by atoms with Gasteiger partial charge in [0.25, 0.3) is 0 Å². The quantitative estimate of drug-likeness (QED) is 0.893. The Morgan fingerprint density at radius 1 is 1.14 bits per heavy atom. The van der Waals surface area contributed by atoms with Crippen molar-refractivity contribution in [3.8, 4) is 0 Å². The summed E-state index contributed by atoms with van der Waals surface area (Å²) in [5.41, 5.74) is 6.96. The van der Waals surface area contributed by atoms with Crippen LogP contribution in [0.5, 0.6) is 0 Å². The summed E-state index contributed by atoms with van der Waals surface area (Å²) in [5, 5.41) is 3.42. The molecular weight excluding hydrogens is 296 g/mol. The van der Waals surface area contributed by atoms with Gasteiger partial charge in [0.15, 0.2) is 0 Å². The first-order valence-electron chi connectivity index (χ1n) is 8.33. The molecule has 3 nitrogen and oxygen atoms in total. The molecule has 0 aromatic heterocycles. The Kier molecular flexibility index (Phi) is 5.87. The zero-order valence-corrected chi connectivity index (χ0v) is 13.9. The van der Waals surface area contributed by atoms with Gasteiger partial charge in [0, 0.05) is 5.92 Å². The van der Waals surface area contributed by atoms with E-state index in [0.717, 1.165) is 32.1 Å². The van der Waals surface area contributed by atoms with Crippen molar-refractivity contribution < 1.29 is 4.79 Å². The molecule has 1 aromatic carbocycles. The molecule has 4 heteroatoms. The lowest BCUT2D eigenvalue weighted by atomic mass is 9.86. The first-order valence-corrected chi connectivity index (χ1v) is 8.33. The number of carbonyl (C=O) groups is 1. The minimum Gasteiger partial charge on any atom is -0.346 e. The highest BCUT2D eigenvalue weighted by Crippen LogP contribution is 2.40. The molecule has 0 saturated heterocycles. The second-order valence-electron chi connectivity index (χ2n) is 6.68. The Morgan fingerprint density at radius 2 is 1.82 bits per heavy atom. The van der Waals surface area contributed by atoms with Crippen LogP contribution in [-0.2, 0) is 10.3 Å². The highest BCUT2D eigenvalue weighted by atomic mass is 35.5. The van der Waals surface area contributed by atoms with Crippen LogP contribution in [-0.4, -0.2) is 12.5 Å². The van der Waals surface area contributed by atoms with E-state index in [4.69, 9.17) is 5.73 Å². The van der Waals surface area contributed by atoms with E-state index in [2.05, 4.69) is 29.6 Å². The van der Waals surface area contributed by atoms with Crippen molar-refractivity contribution in [3.63, 3.8) is 0 Å². The van der Waals surface area contributed by atoms with E-state index in [9.17, 15) is 4.79 Å². The third-order valence-corrected chi connectivity index (χ3v) is 5.44. The Balaban J connectivity index is 0.00000176. The highest BCUT2D eigenvalue weighted by molar-refractivity contribution is 5.85. The third-order valence-electron chi connectivity index (χ3n) is 5.44. The smallest absolute Gasteiger partial charge is 0.224 e. The van der Waals surface area contributed by atoms with Crippen LogP contribution in [0.4, 0.5) is 0 Å². The predicted octanol–water partition coefficient (Wildman–Crippen LogP) is 3.37. The van der Waals surface area contributed by atoms with Crippen molar-refractivity contribution in [2.45, 2.75) is 50.5 Å². The molecule has 3 rings (SSSR count). The Hall–Kier alpha value is -1.06. The second kappa shape index (κ2) is 7.47. The summed E-state index contributed by atoms with van der Waals surface area (Å²) in [6.45, 7) is 0.635. The monoisotopic (exact) mass is 322 g/mol. The average Bonchev–Trinajstić information content (AvgIpc) is 3.17. The highest BCUT2D eigenvalue weighted by Gasteiger charge is 2.40. The number of halogens is 1. The van der Waals surface area contributed by atoms with E-state index in [0.29, 0.717) is 12.5 Å². The van der Waals surface area contributed by atoms with Gasteiger partial charge in [0.1, 0.15) is 0 Å². The molecule has 1 amide bonds. The van der Waals surface area contributed by atoms with Gasteiger partial charge in [-0.3, -0.25) is 4.79 Å². The van der Waals surface area contributed by atoms with Gasteiger partial charge in [0.2, 0.25) is 5.91 Å². The minimum atomic E-state index is -0.139. The minimum absolute atomic E-state index is 0. The Labute approximate surface area is 139 Å². The van der Waals surface area contributed by atoms with Crippen molar-refractivity contribution in [3.05, 3.63) is 35.9 Å². The van der Waals surface area contributed by atoms with Crippen molar-refractivity contribution in [1.82, 2.24) is 5.32 Å². The second-order valence-corrected chi connectivity index (χ2v) is 6.68. The molecule has 2 aliphatic rings. The first kappa shape index (κ1) is 17.3. The standard InChI is InChI=1S/C18H26N2O.ClH/c19-13-14-7-6-10-16(14)17(21)20-18(11-4-5-12-18)15-8-2-1-3-9-15;/h1-3,8-9,14,16H,4-7,10-13,19H2,(H,20,21);1H/t14-,16-;/m1./s1. The van der Waals surface area contributed by atoms with Crippen LogP contribution in [0.2, 0.25) is 0 Å². The largest absolute Gasteiger partial charge is 0.346 e. The van der Waals surface area contributed by atoms with Crippen LogP contribution in [0.25, 0.3) is 0 Å². The summed E-state index contributed by atoms with van der Waals surface area (Å²) in [4.78, 5) is 12.8. The van der Waals surface area contributed by atoms with Crippen molar-refractivity contribution >= 4 is 18.3 Å². The molecule has 3 N–H and O–H groups in total. The number of amides is 1. The summed E-state index contributed by atoms with van der Waals surface area (Å²) in [5.74, 6) is 0.726. The molecule has 2 fully saturated rings. The van der Waals surface area contributed by atoms with Gasteiger partial charge in [-0.1, -0.05) is 49.6 Å². The fourth-order valence-electron chi connectivity index (χ4n) is 4.21. The van der Waals surface area contributed by atoms with Gasteiger partial charge >= 0.3 is 0 Å². The Bertz CT molecular complexity index is 485. The summed E-state index contributed by atoms with van der Waals surface area (Å²) >= 11 is 0. The molecule has 0 spiro atoms. The van der Waals surface area contributed by atoms with Crippen LogP contribution in [0.3, 0.4) is 0 Å². The molecule has 122 valence electrons. The first-order chi connectivity index (χ1) is 10.2. The topological polar surface area (TPSA) is 55.1 Å². The number of carbonyl (C=O) groups excluding carboxylic acids is 1. The molecule has 2 atom stereocenters. The van der Waals surface area contributed by atoms with Crippen molar-refractivity contribution in [2.75, 3.05) is 6.54 Å². The van der Waals surface area contributed by atoms with E-state index < -0.39 is 0 Å².